The Kier molecular flexibility index (Phi) is 6.19. The van der Waals surface area contributed by atoms with Crippen LogP contribution in [-0.2, 0) is 11.2 Å². The van der Waals surface area contributed by atoms with Crippen molar-refractivity contribution >= 4 is 34.1 Å². The van der Waals surface area contributed by atoms with Crippen LogP contribution in [0.15, 0.2) is 58.9 Å². The Morgan fingerprint density at radius 3 is 2.48 bits per heavy atom. The number of thioether (sulfide) groups is 1. The molecule has 0 aliphatic carbocycles. The molecule has 6 heteroatoms. The highest BCUT2D eigenvalue weighted by molar-refractivity contribution is 8.01. The van der Waals surface area contributed by atoms with Crippen molar-refractivity contribution in [1.29, 1.82) is 0 Å². The molecule has 0 radical (unpaired) electrons. The first-order chi connectivity index (χ1) is 12.2. The topological polar surface area (TPSA) is 54.9 Å². The minimum atomic E-state index is -0.0735. The Morgan fingerprint density at radius 1 is 1.04 bits per heavy atom. The number of amides is 1. The second kappa shape index (κ2) is 8.78. The number of hydrogen-bond acceptors (Lipinski definition) is 5. The van der Waals surface area contributed by atoms with Gasteiger partial charge in [0.05, 0.1) is 6.42 Å². The molecule has 0 unspecified atom stereocenters. The normalized spacial score (nSPS) is 10.6. The molecule has 1 N–H and O–H groups in total. The SMILES string of the molecule is CCCSc1nnc(NC(=O)Cc2ccc(-c3ccccc3)cc2)s1. The molecule has 25 heavy (non-hydrogen) atoms. The summed E-state index contributed by atoms with van der Waals surface area (Å²) in [6, 6.07) is 18.3. The van der Waals surface area contributed by atoms with Gasteiger partial charge in [-0.05, 0) is 23.1 Å². The van der Waals surface area contributed by atoms with Crippen LogP contribution in [-0.4, -0.2) is 21.9 Å². The second-order valence-corrected chi connectivity index (χ2v) is 7.83. The lowest BCUT2D eigenvalue weighted by Crippen LogP contribution is -2.14. The van der Waals surface area contributed by atoms with Gasteiger partial charge in [0.2, 0.25) is 11.0 Å². The van der Waals surface area contributed by atoms with Gasteiger partial charge in [-0.25, -0.2) is 0 Å². The number of carbonyl (C=O) groups excluding carboxylic acids is 1. The van der Waals surface area contributed by atoms with Gasteiger partial charge < -0.3 is 5.32 Å². The maximum absolute atomic E-state index is 12.2. The van der Waals surface area contributed by atoms with Gasteiger partial charge in [0.25, 0.3) is 0 Å². The van der Waals surface area contributed by atoms with Crippen molar-refractivity contribution in [2.24, 2.45) is 0 Å². The lowest BCUT2D eigenvalue weighted by atomic mass is 10.0. The Balaban J connectivity index is 1.57. The molecule has 0 saturated carbocycles. The van der Waals surface area contributed by atoms with Crippen LogP contribution in [0, 0.1) is 0 Å². The van der Waals surface area contributed by atoms with Crippen molar-refractivity contribution in [2.45, 2.75) is 24.1 Å². The largest absolute Gasteiger partial charge is 0.300 e. The summed E-state index contributed by atoms with van der Waals surface area (Å²) >= 11 is 3.09. The molecule has 1 aromatic heterocycles. The first-order valence-corrected chi connectivity index (χ1v) is 9.95. The number of rotatable bonds is 7. The van der Waals surface area contributed by atoms with Crippen LogP contribution in [0.1, 0.15) is 18.9 Å². The molecule has 3 aromatic rings. The van der Waals surface area contributed by atoms with Gasteiger partial charge >= 0.3 is 0 Å². The Hall–Kier alpha value is -2.18. The summed E-state index contributed by atoms with van der Waals surface area (Å²) in [6.07, 6.45) is 1.41. The lowest BCUT2D eigenvalue weighted by molar-refractivity contribution is -0.115. The van der Waals surface area contributed by atoms with E-state index >= 15 is 0 Å². The van der Waals surface area contributed by atoms with Crippen molar-refractivity contribution in [3.8, 4) is 11.1 Å². The van der Waals surface area contributed by atoms with Crippen molar-refractivity contribution in [1.82, 2.24) is 10.2 Å². The van der Waals surface area contributed by atoms with Crippen LogP contribution in [0.3, 0.4) is 0 Å². The first-order valence-electron chi connectivity index (χ1n) is 8.15. The van der Waals surface area contributed by atoms with Gasteiger partial charge in [0, 0.05) is 5.75 Å². The van der Waals surface area contributed by atoms with Crippen molar-refractivity contribution in [2.75, 3.05) is 11.1 Å². The fraction of sp³-hybridized carbons (Fsp3) is 0.211. The highest BCUT2D eigenvalue weighted by Crippen LogP contribution is 2.26. The van der Waals surface area contributed by atoms with E-state index in [1.807, 2.05) is 42.5 Å². The summed E-state index contributed by atoms with van der Waals surface area (Å²) < 4.78 is 0.893. The number of nitrogens with one attached hydrogen (secondary N) is 1. The van der Waals surface area contributed by atoms with Gasteiger partial charge in [-0.1, -0.05) is 84.6 Å². The zero-order chi connectivity index (χ0) is 17.5. The monoisotopic (exact) mass is 369 g/mol. The van der Waals surface area contributed by atoms with Gasteiger partial charge in [-0.3, -0.25) is 4.79 Å². The Labute approximate surface area is 155 Å². The van der Waals surface area contributed by atoms with Crippen LogP contribution in [0.4, 0.5) is 5.13 Å². The zero-order valence-electron chi connectivity index (χ0n) is 13.9. The molecule has 0 atom stereocenters. The maximum atomic E-state index is 12.2. The van der Waals surface area contributed by atoms with E-state index in [2.05, 4.69) is 34.6 Å². The van der Waals surface area contributed by atoms with E-state index in [-0.39, 0.29) is 5.91 Å². The number of nitrogens with zero attached hydrogens (tertiary/aromatic N) is 2. The fourth-order valence-electron chi connectivity index (χ4n) is 2.30. The number of carbonyl (C=O) groups is 1. The predicted octanol–water partition coefficient (Wildman–Crippen LogP) is 4.89. The molecule has 1 amide bonds. The third-order valence-electron chi connectivity index (χ3n) is 3.51. The summed E-state index contributed by atoms with van der Waals surface area (Å²) in [5, 5.41) is 11.5. The smallest absolute Gasteiger partial charge is 0.230 e. The number of aromatic nitrogens is 2. The second-order valence-electron chi connectivity index (χ2n) is 5.51. The molecule has 0 aliphatic rings. The van der Waals surface area contributed by atoms with Gasteiger partial charge in [0.15, 0.2) is 4.34 Å². The molecule has 0 bridgehead atoms. The predicted molar refractivity (Wildman–Crippen MR) is 105 cm³/mol. The Bertz CT molecular complexity index is 816. The Morgan fingerprint density at radius 2 is 1.76 bits per heavy atom. The number of hydrogen-bond donors (Lipinski definition) is 1. The lowest BCUT2D eigenvalue weighted by Gasteiger charge is -2.04. The van der Waals surface area contributed by atoms with E-state index < -0.39 is 0 Å². The quantitative estimate of drug-likeness (QED) is 0.476. The molecule has 4 nitrogen and oxygen atoms in total. The van der Waals surface area contributed by atoms with Crippen molar-refractivity contribution in [3.63, 3.8) is 0 Å². The fourth-order valence-corrected chi connectivity index (χ4v) is 4.00. The molecule has 0 aliphatic heterocycles. The number of benzene rings is 2. The van der Waals surface area contributed by atoms with Gasteiger partial charge in [-0.2, -0.15) is 0 Å². The summed E-state index contributed by atoms with van der Waals surface area (Å²) in [4.78, 5) is 12.2. The molecule has 0 fully saturated rings. The van der Waals surface area contributed by atoms with Crippen LogP contribution in [0.2, 0.25) is 0 Å². The van der Waals surface area contributed by atoms with Crippen molar-refractivity contribution in [3.05, 3.63) is 60.2 Å². The average Bonchev–Trinajstić information content (AvgIpc) is 3.08. The molecule has 3 rings (SSSR count). The highest BCUT2D eigenvalue weighted by Gasteiger charge is 2.09. The molecule has 2 aromatic carbocycles. The number of anilines is 1. The van der Waals surface area contributed by atoms with Crippen molar-refractivity contribution < 1.29 is 4.79 Å². The van der Waals surface area contributed by atoms with E-state index in [0.29, 0.717) is 11.6 Å². The average molecular weight is 370 g/mol. The summed E-state index contributed by atoms with van der Waals surface area (Å²) in [5.41, 5.74) is 3.29. The van der Waals surface area contributed by atoms with E-state index in [0.717, 1.165) is 27.6 Å². The van der Waals surface area contributed by atoms with Gasteiger partial charge in [-0.15, -0.1) is 10.2 Å². The van der Waals surface area contributed by atoms with E-state index in [9.17, 15) is 4.79 Å². The minimum Gasteiger partial charge on any atom is -0.300 e. The van der Waals surface area contributed by atoms with E-state index in [4.69, 9.17) is 0 Å². The van der Waals surface area contributed by atoms with Crippen LogP contribution >= 0.6 is 23.1 Å². The zero-order valence-corrected chi connectivity index (χ0v) is 15.6. The van der Waals surface area contributed by atoms with Crippen LogP contribution in [0.5, 0.6) is 0 Å². The first kappa shape index (κ1) is 17.6. The minimum absolute atomic E-state index is 0.0735. The third-order valence-corrected chi connectivity index (χ3v) is 5.69. The van der Waals surface area contributed by atoms with Crippen LogP contribution < -0.4 is 5.32 Å². The maximum Gasteiger partial charge on any atom is 0.230 e. The summed E-state index contributed by atoms with van der Waals surface area (Å²) in [6.45, 7) is 2.12. The van der Waals surface area contributed by atoms with E-state index in [1.54, 1.807) is 11.8 Å². The molecule has 128 valence electrons. The standard InChI is InChI=1S/C19H19N3OS2/c1-2-12-24-19-22-21-18(25-19)20-17(23)13-14-8-10-16(11-9-14)15-6-4-3-5-7-15/h3-11H,2,12-13H2,1H3,(H,20,21,23). The molecular weight excluding hydrogens is 350 g/mol. The van der Waals surface area contributed by atoms with E-state index in [1.165, 1.54) is 16.9 Å². The highest BCUT2D eigenvalue weighted by atomic mass is 32.2. The molecular formula is C19H19N3OS2. The third kappa shape index (κ3) is 5.14. The van der Waals surface area contributed by atoms with Gasteiger partial charge in [0.1, 0.15) is 0 Å². The molecule has 0 spiro atoms. The molecule has 0 saturated heterocycles. The summed E-state index contributed by atoms with van der Waals surface area (Å²) in [7, 11) is 0. The summed E-state index contributed by atoms with van der Waals surface area (Å²) in [5.74, 6) is 0.937. The van der Waals surface area contributed by atoms with Crippen LogP contribution in [0.25, 0.3) is 11.1 Å². The molecule has 1 heterocycles.